The molecule has 0 aromatic rings. The Labute approximate surface area is 159 Å². The van der Waals surface area contributed by atoms with Gasteiger partial charge in [0.1, 0.15) is 0 Å². The number of amides is 1. The second-order valence-corrected chi connectivity index (χ2v) is 10.7. The first-order chi connectivity index (χ1) is 11.6. The van der Waals surface area contributed by atoms with Crippen molar-refractivity contribution in [3.05, 3.63) is 0 Å². The van der Waals surface area contributed by atoms with E-state index in [0.29, 0.717) is 19.4 Å². The van der Waals surface area contributed by atoms with Gasteiger partial charge in [-0.3, -0.25) is 9.59 Å². The summed E-state index contributed by atoms with van der Waals surface area (Å²) in [5.41, 5.74) is -1.04. The molecule has 5 nitrogen and oxygen atoms in total. The summed E-state index contributed by atoms with van der Waals surface area (Å²) >= 11 is 0. The van der Waals surface area contributed by atoms with Crippen LogP contribution in [0.3, 0.4) is 0 Å². The van der Waals surface area contributed by atoms with Crippen molar-refractivity contribution in [2.75, 3.05) is 12.4 Å². The molecule has 146 valence electrons. The van der Waals surface area contributed by atoms with Crippen LogP contribution in [-0.4, -0.2) is 45.7 Å². The van der Waals surface area contributed by atoms with E-state index in [1.807, 2.05) is 35.4 Å². The molecule has 0 radical (unpaired) electrons. The Kier molecular flexibility index (Phi) is 9.67. The molecular formula is C18H33NO4S2. The van der Waals surface area contributed by atoms with Crippen molar-refractivity contribution in [1.29, 1.82) is 0 Å². The van der Waals surface area contributed by atoms with E-state index < -0.39 is 11.6 Å². The van der Waals surface area contributed by atoms with Gasteiger partial charge in [-0.15, -0.1) is 0 Å². The van der Waals surface area contributed by atoms with Crippen molar-refractivity contribution < 1.29 is 19.4 Å². The number of aliphatic carboxylic acids is 1. The van der Waals surface area contributed by atoms with Gasteiger partial charge in [0.25, 0.3) is 0 Å². The molecule has 1 rings (SSSR count). The number of hydrogen-bond acceptors (Lipinski definition) is 5. The van der Waals surface area contributed by atoms with Crippen LogP contribution in [0.25, 0.3) is 0 Å². The lowest BCUT2D eigenvalue weighted by molar-refractivity contribution is -0.143. The molecule has 0 bridgehead atoms. The molecule has 0 spiro atoms. The maximum Gasteiger partial charge on any atom is 0.306 e. The summed E-state index contributed by atoms with van der Waals surface area (Å²) in [6, 6.07) is 0. The third-order valence-electron chi connectivity index (χ3n) is 4.18. The van der Waals surface area contributed by atoms with Gasteiger partial charge in [-0.05, 0) is 53.4 Å². The van der Waals surface area contributed by atoms with E-state index in [2.05, 4.69) is 5.32 Å². The van der Waals surface area contributed by atoms with Gasteiger partial charge in [-0.25, -0.2) is 0 Å². The second-order valence-electron chi connectivity index (χ2n) is 7.94. The number of carbonyl (C=O) groups excluding carboxylic acids is 1. The molecule has 0 saturated carbocycles. The smallest absolute Gasteiger partial charge is 0.306 e. The Balaban J connectivity index is 2.17. The zero-order valence-electron chi connectivity index (χ0n) is 15.9. The van der Waals surface area contributed by atoms with Crippen molar-refractivity contribution in [3.8, 4) is 0 Å². The van der Waals surface area contributed by atoms with Crippen molar-refractivity contribution in [2.24, 2.45) is 0 Å². The molecule has 1 atom stereocenters. The molecule has 1 aliphatic heterocycles. The van der Waals surface area contributed by atoms with E-state index in [4.69, 9.17) is 9.84 Å². The highest BCUT2D eigenvalue weighted by molar-refractivity contribution is 8.77. The molecule has 0 unspecified atom stereocenters. The van der Waals surface area contributed by atoms with Crippen LogP contribution in [0.15, 0.2) is 0 Å². The summed E-state index contributed by atoms with van der Waals surface area (Å²) in [6.07, 6.45) is 5.74. The molecule has 0 aliphatic carbocycles. The van der Waals surface area contributed by atoms with Crippen molar-refractivity contribution in [2.45, 2.75) is 89.0 Å². The Morgan fingerprint density at radius 3 is 2.56 bits per heavy atom. The van der Waals surface area contributed by atoms with E-state index in [9.17, 15) is 9.59 Å². The van der Waals surface area contributed by atoms with Crippen LogP contribution in [0.2, 0.25) is 0 Å². The average Bonchev–Trinajstić information content (AvgIpc) is 2.94. The predicted molar refractivity (Wildman–Crippen MR) is 106 cm³/mol. The Morgan fingerprint density at radius 2 is 1.96 bits per heavy atom. The maximum absolute atomic E-state index is 12.1. The highest BCUT2D eigenvalue weighted by Gasteiger charge is 2.25. The third-order valence-corrected chi connectivity index (χ3v) is 7.19. The maximum atomic E-state index is 12.1. The van der Waals surface area contributed by atoms with Crippen LogP contribution in [0.1, 0.15) is 72.6 Å². The van der Waals surface area contributed by atoms with E-state index in [1.165, 1.54) is 18.6 Å². The first-order valence-corrected chi connectivity index (χ1v) is 11.4. The van der Waals surface area contributed by atoms with Crippen LogP contribution in [0.4, 0.5) is 0 Å². The van der Waals surface area contributed by atoms with Crippen molar-refractivity contribution >= 4 is 33.5 Å². The lowest BCUT2D eigenvalue weighted by Crippen LogP contribution is -2.44. The summed E-state index contributed by atoms with van der Waals surface area (Å²) in [5.74, 6) is 0.477. The van der Waals surface area contributed by atoms with E-state index in [0.717, 1.165) is 18.1 Å². The van der Waals surface area contributed by atoms with Crippen LogP contribution in [0.5, 0.6) is 0 Å². The topological polar surface area (TPSA) is 75.6 Å². The normalized spacial score (nSPS) is 18.3. The molecule has 1 heterocycles. The average molecular weight is 392 g/mol. The van der Waals surface area contributed by atoms with Gasteiger partial charge in [0.2, 0.25) is 5.91 Å². The Hall–Kier alpha value is -0.400. The zero-order valence-corrected chi connectivity index (χ0v) is 17.6. The minimum absolute atomic E-state index is 0.0302. The minimum atomic E-state index is -0.868. The lowest BCUT2D eigenvalue weighted by Gasteiger charge is -2.29. The van der Waals surface area contributed by atoms with E-state index >= 15 is 0 Å². The van der Waals surface area contributed by atoms with Crippen molar-refractivity contribution in [3.63, 3.8) is 0 Å². The third kappa shape index (κ3) is 11.0. The van der Waals surface area contributed by atoms with E-state index in [1.54, 1.807) is 13.8 Å². The number of rotatable bonds is 12. The Bertz CT molecular complexity index is 435. The molecule has 1 aliphatic rings. The summed E-state index contributed by atoms with van der Waals surface area (Å²) in [6.45, 7) is 7.92. The van der Waals surface area contributed by atoms with Crippen LogP contribution >= 0.6 is 21.6 Å². The second kappa shape index (κ2) is 10.7. The molecule has 1 amide bonds. The highest BCUT2D eigenvalue weighted by Crippen LogP contribution is 2.39. The largest absolute Gasteiger partial charge is 0.481 e. The zero-order chi connectivity index (χ0) is 18.9. The molecule has 0 aromatic carbocycles. The quantitative estimate of drug-likeness (QED) is 0.382. The summed E-state index contributed by atoms with van der Waals surface area (Å²) < 4.78 is 5.68. The van der Waals surface area contributed by atoms with Gasteiger partial charge in [0.15, 0.2) is 0 Å². The fraction of sp³-hybridized carbons (Fsp3) is 0.889. The first-order valence-electron chi connectivity index (χ1n) is 9.05. The molecule has 1 saturated heterocycles. The lowest BCUT2D eigenvalue weighted by atomic mass is 10.00. The van der Waals surface area contributed by atoms with Gasteiger partial charge in [-0.1, -0.05) is 28.0 Å². The SMILES string of the molecule is CC(C)(CCOC(C)(C)CC(=O)O)NC(=O)CCCC[C@@H]1CCSS1. The molecule has 7 heteroatoms. The first kappa shape index (κ1) is 22.6. The number of unbranched alkanes of at least 4 members (excludes halogenated alkanes) is 1. The number of carboxylic acid groups (broad SMARTS) is 1. The molecule has 25 heavy (non-hydrogen) atoms. The van der Waals surface area contributed by atoms with Crippen LogP contribution in [-0.2, 0) is 14.3 Å². The summed E-state index contributed by atoms with van der Waals surface area (Å²) in [7, 11) is 3.95. The molecule has 0 aromatic heterocycles. The number of nitrogens with one attached hydrogen (secondary N) is 1. The van der Waals surface area contributed by atoms with Gasteiger partial charge in [-0.2, -0.15) is 0 Å². The van der Waals surface area contributed by atoms with Crippen LogP contribution < -0.4 is 5.32 Å². The fourth-order valence-electron chi connectivity index (χ4n) is 2.72. The van der Waals surface area contributed by atoms with Gasteiger partial charge in [0, 0.05) is 29.6 Å². The van der Waals surface area contributed by atoms with Crippen molar-refractivity contribution in [1.82, 2.24) is 5.32 Å². The summed E-state index contributed by atoms with van der Waals surface area (Å²) in [5, 5.41) is 12.7. The number of ether oxygens (including phenoxy) is 1. The molecule has 1 fully saturated rings. The predicted octanol–water partition coefficient (Wildman–Crippen LogP) is 4.26. The highest BCUT2D eigenvalue weighted by atomic mass is 33.1. The number of carbonyl (C=O) groups is 2. The summed E-state index contributed by atoms with van der Waals surface area (Å²) in [4.78, 5) is 22.9. The molecular weight excluding hydrogens is 358 g/mol. The minimum Gasteiger partial charge on any atom is -0.481 e. The van der Waals surface area contributed by atoms with E-state index in [-0.39, 0.29) is 17.9 Å². The monoisotopic (exact) mass is 391 g/mol. The Morgan fingerprint density at radius 1 is 1.24 bits per heavy atom. The van der Waals surface area contributed by atoms with Gasteiger partial charge in [0.05, 0.1) is 12.0 Å². The number of hydrogen-bond donors (Lipinski definition) is 2. The molecule has 2 N–H and O–H groups in total. The standard InChI is InChI=1S/C18H33NO4S2/c1-17(2,10-11-23-18(3,4)13-16(21)22)19-15(20)8-6-5-7-14-9-12-24-25-14/h14H,5-13H2,1-4H3,(H,19,20)(H,21,22)/t14-/m1/s1. The fourth-order valence-corrected chi connectivity index (χ4v) is 5.75. The van der Waals surface area contributed by atoms with Gasteiger partial charge >= 0.3 is 5.97 Å². The number of carboxylic acids is 1. The van der Waals surface area contributed by atoms with Crippen LogP contribution in [0, 0.1) is 0 Å². The van der Waals surface area contributed by atoms with Gasteiger partial charge < -0.3 is 15.2 Å².